The Bertz CT molecular complexity index is 863. The molecule has 2 aliphatic rings. The van der Waals surface area contributed by atoms with Crippen LogP contribution in [0.3, 0.4) is 0 Å². The molecule has 0 nitrogen and oxygen atoms in total. The summed E-state index contributed by atoms with van der Waals surface area (Å²) in [6.07, 6.45) is 18.5. The molecule has 0 saturated carbocycles. The van der Waals surface area contributed by atoms with Crippen LogP contribution < -0.4 is 0 Å². The van der Waals surface area contributed by atoms with Crippen LogP contribution in [0.5, 0.6) is 0 Å². The van der Waals surface area contributed by atoms with Gasteiger partial charge in [-0.25, -0.2) is 0 Å². The van der Waals surface area contributed by atoms with Crippen molar-refractivity contribution in [3.05, 3.63) is 95.1 Å². The van der Waals surface area contributed by atoms with Gasteiger partial charge in [0.2, 0.25) is 0 Å². The van der Waals surface area contributed by atoms with Gasteiger partial charge in [0.1, 0.15) is 0 Å². The Morgan fingerprint density at radius 3 is 2.69 bits per heavy atom. The summed E-state index contributed by atoms with van der Waals surface area (Å²) in [4.78, 5) is 0. The van der Waals surface area contributed by atoms with Crippen molar-refractivity contribution in [1.82, 2.24) is 0 Å². The highest BCUT2D eigenvalue weighted by Gasteiger charge is 2.19. The molecule has 0 heterocycles. The third kappa shape index (κ3) is 3.75. The number of rotatable bonds is 5. The maximum absolute atomic E-state index is 2.48. The minimum Gasteiger partial charge on any atom is -0.0805 e. The fourth-order valence-electron chi connectivity index (χ4n) is 4.20. The lowest BCUT2D eigenvalue weighted by Gasteiger charge is -2.12. The summed E-state index contributed by atoms with van der Waals surface area (Å²) in [7, 11) is 0. The fraction of sp³-hybridized carbons (Fsp3) is 0.308. The van der Waals surface area contributed by atoms with Crippen LogP contribution in [0.25, 0.3) is 11.1 Å². The molecule has 2 aromatic carbocycles. The molecule has 0 N–H and O–H groups in total. The molecular weight excluding hydrogens is 312 g/mol. The zero-order valence-corrected chi connectivity index (χ0v) is 15.7. The Labute approximate surface area is 158 Å². The van der Waals surface area contributed by atoms with Crippen molar-refractivity contribution in [2.45, 2.75) is 45.4 Å². The minimum absolute atomic E-state index is 0.570. The number of hydrogen-bond acceptors (Lipinski definition) is 0. The van der Waals surface area contributed by atoms with Crippen LogP contribution in [-0.4, -0.2) is 0 Å². The van der Waals surface area contributed by atoms with Crippen LogP contribution in [0, 0.1) is 5.92 Å². The number of aryl methyl sites for hydroxylation is 1. The van der Waals surface area contributed by atoms with E-state index in [1.807, 2.05) is 0 Å². The van der Waals surface area contributed by atoms with Gasteiger partial charge in [0.05, 0.1) is 0 Å². The molecule has 0 heteroatoms. The lowest BCUT2D eigenvalue weighted by atomic mass is 9.92. The largest absolute Gasteiger partial charge is 0.0805 e. The molecule has 4 rings (SSSR count). The molecule has 132 valence electrons. The first-order valence-corrected chi connectivity index (χ1v) is 10.1. The first-order valence-electron chi connectivity index (χ1n) is 10.1. The van der Waals surface area contributed by atoms with Gasteiger partial charge in [-0.05, 0) is 71.4 Å². The molecule has 0 aromatic heterocycles. The topological polar surface area (TPSA) is 0 Å². The Kier molecular flexibility index (Phi) is 5.20. The van der Waals surface area contributed by atoms with E-state index in [1.54, 1.807) is 0 Å². The van der Waals surface area contributed by atoms with Gasteiger partial charge in [-0.1, -0.05) is 86.2 Å². The van der Waals surface area contributed by atoms with Gasteiger partial charge in [0, 0.05) is 0 Å². The third-order valence-electron chi connectivity index (χ3n) is 5.64. The number of fused-ring (bicyclic) bond motifs is 3. The molecule has 0 fully saturated rings. The number of unbranched alkanes of at least 4 members (excludes halogenated alkanes) is 1. The molecule has 0 bridgehead atoms. The van der Waals surface area contributed by atoms with Gasteiger partial charge >= 0.3 is 0 Å². The second-order valence-corrected chi connectivity index (χ2v) is 7.65. The van der Waals surface area contributed by atoms with E-state index in [2.05, 4.69) is 79.8 Å². The van der Waals surface area contributed by atoms with Crippen molar-refractivity contribution in [2.75, 3.05) is 0 Å². The molecular formula is C26H28. The van der Waals surface area contributed by atoms with Crippen LogP contribution in [0.1, 0.15) is 42.9 Å². The molecule has 2 aromatic rings. The SMILES string of the molecule is CCCCc1ccc2c(c1)CC(C=CC1=CC=CC1)Cc1ccccc1-2. The van der Waals surface area contributed by atoms with E-state index in [1.165, 1.54) is 52.7 Å². The van der Waals surface area contributed by atoms with E-state index < -0.39 is 0 Å². The minimum atomic E-state index is 0.570. The van der Waals surface area contributed by atoms with Crippen LogP contribution in [0.15, 0.2) is 78.4 Å². The zero-order valence-electron chi connectivity index (χ0n) is 15.7. The number of allylic oxidation sites excluding steroid dienone is 6. The maximum Gasteiger partial charge on any atom is -0.00944 e. The Morgan fingerprint density at radius 2 is 1.85 bits per heavy atom. The second-order valence-electron chi connectivity index (χ2n) is 7.65. The predicted molar refractivity (Wildman–Crippen MR) is 112 cm³/mol. The summed E-state index contributed by atoms with van der Waals surface area (Å²) in [6, 6.07) is 16.2. The molecule has 0 spiro atoms. The van der Waals surface area contributed by atoms with Crippen LogP contribution >= 0.6 is 0 Å². The van der Waals surface area contributed by atoms with Gasteiger partial charge in [0.25, 0.3) is 0 Å². The highest BCUT2D eigenvalue weighted by molar-refractivity contribution is 5.72. The van der Waals surface area contributed by atoms with E-state index >= 15 is 0 Å². The first-order chi connectivity index (χ1) is 12.8. The summed E-state index contributed by atoms with van der Waals surface area (Å²) in [5, 5.41) is 0. The van der Waals surface area contributed by atoms with Gasteiger partial charge in [0.15, 0.2) is 0 Å². The number of benzene rings is 2. The van der Waals surface area contributed by atoms with Gasteiger partial charge in [-0.2, -0.15) is 0 Å². The highest BCUT2D eigenvalue weighted by Crippen LogP contribution is 2.35. The molecule has 0 radical (unpaired) electrons. The van der Waals surface area contributed by atoms with Crippen molar-refractivity contribution < 1.29 is 0 Å². The molecule has 1 unspecified atom stereocenters. The van der Waals surface area contributed by atoms with Crippen molar-refractivity contribution in [2.24, 2.45) is 5.92 Å². The highest BCUT2D eigenvalue weighted by atomic mass is 14.2. The maximum atomic E-state index is 2.48. The summed E-state index contributed by atoms with van der Waals surface area (Å²) in [5.41, 5.74) is 8.81. The normalized spacial score (nSPS) is 18.5. The third-order valence-corrected chi connectivity index (χ3v) is 5.64. The first kappa shape index (κ1) is 17.1. The molecule has 2 aliphatic carbocycles. The molecule has 0 saturated heterocycles. The van der Waals surface area contributed by atoms with Crippen molar-refractivity contribution >= 4 is 0 Å². The fourth-order valence-corrected chi connectivity index (χ4v) is 4.20. The van der Waals surface area contributed by atoms with Crippen molar-refractivity contribution in [1.29, 1.82) is 0 Å². The summed E-state index contributed by atoms with van der Waals surface area (Å²) < 4.78 is 0. The summed E-state index contributed by atoms with van der Waals surface area (Å²) in [6.45, 7) is 2.27. The summed E-state index contributed by atoms with van der Waals surface area (Å²) >= 11 is 0. The Hall–Kier alpha value is -2.34. The van der Waals surface area contributed by atoms with Gasteiger partial charge < -0.3 is 0 Å². The Morgan fingerprint density at radius 1 is 1.00 bits per heavy atom. The van der Waals surface area contributed by atoms with E-state index in [-0.39, 0.29) is 0 Å². The van der Waals surface area contributed by atoms with Gasteiger partial charge in [-0.3, -0.25) is 0 Å². The van der Waals surface area contributed by atoms with Crippen LogP contribution in [0.4, 0.5) is 0 Å². The smallest absolute Gasteiger partial charge is 0.00944 e. The molecule has 0 aliphatic heterocycles. The predicted octanol–water partition coefficient (Wildman–Crippen LogP) is 6.85. The molecule has 0 amide bonds. The van der Waals surface area contributed by atoms with E-state index in [0.717, 1.165) is 19.3 Å². The quantitative estimate of drug-likeness (QED) is 0.558. The lowest BCUT2D eigenvalue weighted by molar-refractivity contribution is 0.651. The van der Waals surface area contributed by atoms with Crippen LogP contribution in [0.2, 0.25) is 0 Å². The van der Waals surface area contributed by atoms with Crippen LogP contribution in [-0.2, 0) is 19.3 Å². The second kappa shape index (κ2) is 7.91. The lowest BCUT2D eigenvalue weighted by Crippen LogP contribution is -2.04. The molecule has 1 atom stereocenters. The monoisotopic (exact) mass is 340 g/mol. The van der Waals surface area contributed by atoms with E-state index in [4.69, 9.17) is 0 Å². The van der Waals surface area contributed by atoms with Crippen molar-refractivity contribution in [3.63, 3.8) is 0 Å². The summed E-state index contributed by atoms with van der Waals surface area (Å²) in [5.74, 6) is 0.570. The molecule has 26 heavy (non-hydrogen) atoms. The van der Waals surface area contributed by atoms with Crippen molar-refractivity contribution in [3.8, 4) is 11.1 Å². The van der Waals surface area contributed by atoms with Gasteiger partial charge in [-0.15, -0.1) is 0 Å². The average Bonchev–Trinajstić information content (AvgIpc) is 3.13. The van der Waals surface area contributed by atoms with E-state index in [9.17, 15) is 0 Å². The standard InChI is InChI=1S/C26H28/c1-2-3-8-21-15-16-26-24(17-21)19-22(14-13-20-9-4-5-10-20)18-23-11-6-7-12-25(23)26/h4-7,9,11-17,22H,2-3,8,10,18-19H2,1H3. The zero-order chi connectivity index (χ0) is 17.8. The Balaban J connectivity index is 1.67. The van der Waals surface area contributed by atoms with E-state index in [0.29, 0.717) is 5.92 Å². The average molecular weight is 341 g/mol. The number of hydrogen-bond donors (Lipinski definition) is 0.